The third-order valence-corrected chi connectivity index (χ3v) is 2.69. The van der Waals surface area contributed by atoms with E-state index in [1.165, 1.54) is 19.3 Å². The molecule has 2 heteroatoms. The second-order valence-corrected chi connectivity index (χ2v) is 4.06. The van der Waals surface area contributed by atoms with E-state index in [1.807, 2.05) is 0 Å². The maximum absolute atomic E-state index is 2.53. The fraction of sp³-hybridized carbons (Fsp3) is 0.900. The van der Waals surface area contributed by atoms with E-state index < -0.39 is 0 Å². The zero-order chi connectivity index (χ0) is 7.56. The molecule has 0 nitrogen and oxygen atoms in total. The minimum Gasteiger partial charge on any atom is -1.00 e. The van der Waals surface area contributed by atoms with Crippen LogP contribution in [-0.4, -0.2) is 23.1 Å². The first-order valence-electron chi connectivity index (χ1n) is 4.53. The first-order chi connectivity index (χ1) is 4.70. The molecule has 1 rings (SSSR count). The third-order valence-electron chi connectivity index (χ3n) is 2.69. The zero-order valence-corrected chi connectivity index (χ0v) is 10.7. The molecule has 1 aliphatic carbocycles. The predicted molar refractivity (Wildman–Crippen MR) is 51.4 cm³/mol. The maximum atomic E-state index is 2.53. The Morgan fingerprint density at radius 1 is 1.25 bits per heavy atom. The van der Waals surface area contributed by atoms with E-state index in [2.05, 4.69) is 27.2 Å². The van der Waals surface area contributed by atoms with Gasteiger partial charge in [-0.2, -0.15) is 12.3 Å². The quantitative estimate of drug-likeness (QED) is 0.409. The van der Waals surface area contributed by atoms with Crippen molar-refractivity contribution in [2.75, 3.05) is 0 Å². The van der Waals surface area contributed by atoms with Crippen LogP contribution in [-0.2, 0) is 0 Å². The van der Waals surface area contributed by atoms with Crippen molar-refractivity contribution in [1.29, 1.82) is 0 Å². The van der Waals surface area contributed by atoms with E-state index in [0.29, 0.717) is 0 Å². The van der Waals surface area contributed by atoms with Gasteiger partial charge in [0.1, 0.15) is 0 Å². The van der Waals surface area contributed by atoms with E-state index in [9.17, 15) is 0 Å². The standard InChI is InChI=1S/C10H19.ClH.Mg/c1-8(2)10-6-4-9(3)5-7-10;;/h6,8-10H,4-5,7H2,1-3H3;1H;/q-1;;+2/p-1/t9-,10-;;/m0../s1. The van der Waals surface area contributed by atoms with Crippen LogP contribution >= 0.6 is 0 Å². The van der Waals surface area contributed by atoms with Crippen LogP contribution in [0.15, 0.2) is 0 Å². The van der Waals surface area contributed by atoms with Gasteiger partial charge in [-0.25, -0.2) is 0 Å². The van der Waals surface area contributed by atoms with Crippen LogP contribution in [0.2, 0.25) is 0 Å². The molecule has 0 N–H and O–H groups in total. The van der Waals surface area contributed by atoms with Crippen molar-refractivity contribution < 1.29 is 12.4 Å². The van der Waals surface area contributed by atoms with Crippen LogP contribution < -0.4 is 12.4 Å². The van der Waals surface area contributed by atoms with Crippen LogP contribution in [0.25, 0.3) is 0 Å². The zero-order valence-electron chi connectivity index (χ0n) is 8.52. The van der Waals surface area contributed by atoms with Crippen molar-refractivity contribution in [3.05, 3.63) is 6.42 Å². The normalized spacial score (nSPS) is 29.0. The van der Waals surface area contributed by atoms with Crippen LogP contribution in [0.1, 0.15) is 40.0 Å². The molecule has 0 saturated heterocycles. The molecule has 0 aromatic heterocycles. The number of hydrogen-bond acceptors (Lipinski definition) is 0. The molecule has 0 aliphatic heterocycles. The summed E-state index contributed by atoms with van der Waals surface area (Å²) < 4.78 is 0. The second-order valence-electron chi connectivity index (χ2n) is 4.06. The Kier molecular flexibility index (Phi) is 9.65. The summed E-state index contributed by atoms with van der Waals surface area (Å²) in [6.45, 7) is 7.02. The molecule has 1 fully saturated rings. The van der Waals surface area contributed by atoms with Gasteiger partial charge in [-0.3, -0.25) is 0 Å². The molecule has 0 aromatic carbocycles. The average molecular weight is 199 g/mol. The van der Waals surface area contributed by atoms with Gasteiger partial charge in [0, 0.05) is 0 Å². The average Bonchev–Trinajstić information content (AvgIpc) is 1.88. The third kappa shape index (κ3) is 4.93. The molecule has 1 saturated carbocycles. The molecule has 0 amide bonds. The molecule has 0 unspecified atom stereocenters. The molecule has 0 bridgehead atoms. The van der Waals surface area contributed by atoms with Crippen LogP contribution in [0, 0.1) is 24.2 Å². The van der Waals surface area contributed by atoms with Crippen molar-refractivity contribution >= 4 is 23.1 Å². The van der Waals surface area contributed by atoms with Gasteiger partial charge in [0.2, 0.25) is 0 Å². The fourth-order valence-corrected chi connectivity index (χ4v) is 1.73. The predicted octanol–water partition coefficient (Wildman–Crippen LogP) is -0.0939. The van der Waals surface area contributed by atoms with Gasteiger partial charge < -0.3 is 18.8 Å². The first kappa shape index (κ1) is 15.5. The van der Waals surface area contributed by atoms with Crippen LogP contribution in [0.3, 0.4) is 0 Å². The van der Waals surface area contributed by atoms with E-state index in [1.54, 1.807) is 0 Å². The minimum atomic E-state index is 0. The molecular formula is C10H19ClMg. The monoisotopic (exact) mass is 198 g/mol. The van der Waals surface area contributed by atoms with E-state index >= 15 is 0 Å². The van der Waals surface area contributed by atoms with Gasteiger partial charge in [0.25, 0.3) is 0 Å². The topological polar surface area (TPSA) is 0 Å². The molecular weight excluding hydrogens is 180 g/mol. The minimum absolute atomic E-state index is 0. The number of hydrogen-bond donors (Lipinski definition) is 0. The van der Waals surface area contributed by atoms with Gasteiger partial charge in [0.05, 0.1) is 0 Å². The van der Waals surface area contributed by atoms with Gasteiger partial charge >= 0.3 is 23.1 Å². The molecule has 0 aromatic rings. The summed E-state index contributed by atoms with van der Waals surface area (Å²) in [6, 6.07) is 0. The van der Waals surface area contributed by atoms with Gasteiger partial charge in [-0.1, -0.05) is 45.4 Å². The molecule has 1 aliphatic rings. The summed E-state index contributed by atoms with van der Waals surface area (Å²) in [5, 5.41) is 0. The smallest absolute Gasteiger partial charge is 1.00 e. The Bertz CT molecular complexity index is 96.0. The summed E-state index contributed by atoms with van der Waals surface area (Å²) in [5.41, 5.74) is 0. The van der Waals surface area contributed by atoms with E-state index in [0.717, 1.165) is 17.8 Å². The van der Waals surface area contributed by atoms with E-state index in [-0.39, 0.29) is 35.5 Å². The number of rotatable bonds is 1. The van der Waals surface area contributed by atoms with Crippen molar-refractivity contribution in [2.24, 2.45) is 17.8 Å². The number of halogens is 1. The summed E-state index contributed by atoms with van der Waals surface area (Å²) in [4.78, 5) is 0. The van der Waals surface area contributed by atoms with Crippen molar-refractivity contribution in [3.63, 3.8) is 0 Å². The molecule has 0 radical (unpaired) electrons. The Balaban J connectivity index is 0. The van der Waals surface area contributed by atoms with Gasteiger partial charge in [0.15, 0.2) is 0 Å². The van der Waals surface area contributed by atoms with Crippen molar-refractivity contribution in [2.45, 2.75) is 40.0 Å². The summed E-state index contributed by atoms with van der Waals surface area (Å²) >= 11 is 0. The Morgan fingerprint density at radius 2 is 1.83 bits per heavy atom. The van der Waals surface area contributed by atoms with Gasteiger partial charge in [-0.15, -0.1) is 0 Å². The molecule has 68 valence electrons. The maximum Gasteiger partial charge on any atom is 2.00 e. The molecule has 2 atom stereocenters. The summed E-state index contributed by atoms with van der Waals surface area (Å²) in [7, 11) is 0. The van der Waals surface area contributed by atoms with Crippen molar-refractivity contribution in [1.82, 2.24) is 0 Å². The Morgan fingerprint density at radius 3 is 2.17 bits per heavy atom. The molecule has 0 heterocycles. The SMILES string of the molecule is CC(C)[C@H]1[CH-]C[C@H](C)CC1.[Cl-].[Mg+2]. The Labute approximate surface area is 99.4 Å². The van der Waals surface area contributed by atoms with E-state index in [4.69, 9.17) is 0 Å². The Hall–Kier alpha value is 1.06. The summed E-state index contributed by atoms with van der Waals surface area (Å²) in [5.74, 6) is 2.73. The summed E-state index contributed by atoms with van der Waals surface area (Å²) in [6.07, 6.45) is 6.75. The first-order valence-corrected chi connectivity index (χ1v) is 4.53. The van der Waals surface area contributed by atoms with Gasteiger partial charge in [-0.05, 0) is 0 Å². The second kappa shape index (κ2) is 7.46. The molecule has 12 heavy (non-hydrogen) atoms. The largest absolute Gasteiger partial charge is 2.00 e. The van der Waals surface area contributed by atoms with Crippen LogP contribution in [0.4, 0.5) is 0 Å². The van der Waals surface area contributed by atoms with Crippen LogP contribution in [0.5, 0.6) is 0 Å². The molecule has 0 spiro atoms. The van der Waals surface area contributed by atoms with Crippen molar-refractivity contribution in [3.8, 4) is 0 Å². The fourth-order valence-electron chi connectivity index (χ4n) is 1.73.